The van der Waals surface area contributed by atoms with Gasteiger partial charge in [0.15, 0.2) is 11.5 Å². The maximum atomic E-state index is 14.1. The number of carbonyl (C=O) groups is 1. The summed E-state index contributed by atoms with van der Waals surface area (Å²) in [5.41, 5.74) is 1.31. The monoisotopic (exact) mass is 350 g/mol. The molecule has 7 heteroatoms. The van der Waals surface area contributed by atoms with Gasteiger partial charge in [-0.2, -0.15) is 0 Å². The van der Waals surface area contributed by atoms with Crippen LogP contribution in [0.1, 0.15) is 10.4 Å². The van der Waals surface area contributed by atoms with E-state index < -0.39 is 17.5 Å². The van der Waals surface area contributed by atoms with E-state index in [0.717, 1.165) is 0 Å². The molecule has 2 aromatic heterocycles. The van der Waals surface area contributed by atoms with Crippen molar-refractivity contribution in [1.82, 2.24) is 14.6 Å². The summed E-state index contributed by atoms with van der Waals surface area (Å²) in [5.74, 6) is -0.940. The number of fused-ring (bicyclic) bond motifs is 1. The van der Waals surface area contributed by atoms with Gasteiger partial charge in [0.25, 0.3) is 5.91 Å². The van der Waals surface area contributed by atoms with Gasteiger partial charge in [0.2, 0.25) is 0 Å². The normalized spacial score (nSPS) is 10.8. The minimum atomic E-state index is -0.428. The third-order valence-corrected chi connectivity index (χ3v) is 3.90. The highest BCUT2D eigenvalue weighted by molar-refractivity contribution is 6.08. The first kappa shape index (κ1) is 15.9. The van der Waals surface area contributed by atoms with Gasteiger partial charge in [0.05, 0.1) is 11.1 Å². The molecule has 0 saturated heterocycles. The zero-order valence-corrected chi connectivity index (χ0v) is 13.4. The number of hydrogen-bond acceptors (Lipinski definition) is 3. The minimum absolute atomic E-state index is 0.270. The molecule has 1 N–H and O–H groups in total. The summed E-state index contributed by atoms with van der Waals surface area (Å²) in [6.45, 7) is 0. The number of aromatic nitrogens is 3. The van der Waals surface area contributed by atoms with Crippen molar-refractivity contribution in [3.8, 4) is 11.4 Å². The smallest absolute Gasteiger partial charge is 0.259 e. The Morgan fingerprint density at radius 2 is 1.69 bits per heavy atom. The largest absolute Gasteiger partial charge is 0.322 e. The van der Waals surface area contributed by atoms with Gasteiger partial charge in [-0.15, -0.1) is 10.2 Å². The molecule has 26 heavy (non-hydrogen) atoms. The van der Waals surface area contributed by atoms with Crippen molar-refractivity contribution in [3.63, 3.8) is 0 Å². The molecule has 4 rings (SSSR count). The zero-order chi connectivity index (χ0) is 18.1. The molecule has 0 fully saturated rings. The van der Waals surface area contributed by atoms with Crippen molar-refractivity contribution in [2.24, 2.45) is 0 Å². The van der Waals surface area contributed by atoms with Gasteiger partial charge in [0, 0.05) is 11.9 Å². The lowest BCUT2D eigenvalue weighted by molar-refractivity contribution is 0.102. The van der Waals surface area contributed by atoms with E-state index in [1.807, 2.05) is 0 Å². The molecule has 1 amide bonds. The van der Waals surface area contributed by atoms with Crippen LogP contribution < -0.4 is 5.32 Å². The van der Waals surface area contributed by atoms with Crippen LogP contribution in [-0.4, -0.2) is 20.5 Å². The van der Waals surface area contributed by atoms with E-state index in [9.17, 15) is 13.6 Å². The van der Waals surface area contributed by atoms with Crippen molar-refractivity contribution < 1.29 is 13.6 Å². The molecule has 0 aliphatic heterocycles. The van der Waals surface area contributed by atoms with Crippen LogP contribution in [0.15, 0.2) is 66.9 Å². The Morgan fingerprint density at radius 3 is 2.46 bits per heavy atom. The number of nitrogens with zero attached hydrogens (tertiary/aromatic N) is 3. The Balaban J connectivity index is 1.74. The molecule has 0 unspecified atom stereocenters. The van der Waals surface area contributed by atoms with Gasteiger partial charge in [-0.05, 0) is 48.5 Å². The summed E-state index contributed by atoms with van der Waals surface area (Å²) in [6, 6.07) is 14.9. The fraction of sp³-hybridized carbons (Fsp3) is 0. The first-order valence-corrected chi connectivity index (χ1v) is 7.79. The number of amides is 1. The number of benzene rings is 2. The number of anilines is 1. The van der Waals surface area contributed by atoms with Crippen LogP contribution in [0.5, 0.6) is 0 Å². The number of carbonyl (C=O) groups excluding carboxylic acids is 1. The van der Waals surface area contributed by atoms with Gasteiger partial charge in [-0.25, -0.2) is 8.78 Å². The molecule has 0 aliphatic rings. The first-order valence-electron chi connectivity index (χ1n) is 7.79. The van der Waals surface area contributed by atoms with Crippen molar-refractivity contribution in [2.75, 3.05) is 5.32 Å². The summed E-state index contributed by atoms with van der Waals surface area (Å²) in [5, 5.41) is 10.7. The average Bonchev–Trinajstić information content (AvgIpc) is 3.08. The second-order valence-corrected chi connectivity index (χ2v) is 5.58. The standard InChI is InChI=1S/C19H12F2N4O/c20-12-7-9-13(10-8-12)22-19(26)15-5-3-11-25-17(23-24-18(15)25)14-4-1-2-6-16(14)21/h1-11H,(H,22,26). The molecular weight excluding hydrogens is 338 g/mol. The molecule has 0 aliphatic carbocycles. The predicted molar refractivity (Wildman–Crippen MR) is 92.7 cm³/mol. The summed E-state index contributed by atoms with van der Waals surface area (Å²) in [6.07, 6.45) is 1.66. The van der Waals surface area contributed by atoms with Crippen LogP contribution >= 0.6 is 0 Å². The lowest BCUT2D eigenvalue weighted by Gasteiger charge is -2.07. The van der Waals surface area contributed by atoms with E-state index in [1.165, 1.54) is 30.3 Å². The maximum Gasteiger partial charge on any atom is 0.259 e. The Kier molecular flexibility index (Phi) is 3.89. The summed E-state index contributed by atoms with van der Waals surface area (Å²) < 4.78 is 28.6. The second-order valence-electron chi connectivity index (χ2n) is 5.58. The van der Waals surface area contributed by atoms with E-state index in [0.29, 0.717) is 17.2 Å². The van der Waals surface area contributed by atoms with Crippen molar-refractivity contribution in [1.29, 1.82) is 0 Å². The lowest BCUT2D eigenvalue weighted by Crippen LogP contribution is -2.13. The molecule has 0 atom stereocenters. The molecule has 2 heterocycles. The third kappa shape index (κ3) is 2.79. The van der Waals surface area contributed by atoms with Gasteiger partial charge in [0.1, 0.15) is 11.6 Å². The highest BCUT2D eigenvalue weighted by atomic mass is 19.1. The van der Waals surface area contributed by atoms with E-state index in [2.05, 4.69) is 15.5 Å². The highest BCUT2D eigenvalue weighted by Crippen LogP contribution is 2.23. The van der Waals surface area contributed by atoms with Crippen molar-refractivity contribution in [2.45, 2.75) is 0 Å². The fourth-order valence-corrected chi connectivity index (χ4v) is 2.65. The topological polar surface area (TPSA) is 59.3 Å². The van der Waals surface area contributed by atoms with E-state index in [-0.39, 0.29) is 11.1 Å². The van der Waals surface area contributed by atoms with E-state index in [4.69, 9.17) is 0 Å². The van der Waals surface area contributed by atoms with Crippen LogP contribution in [-0.2, 0) is 0 Å². The molecule has 0 saturated carbocycles. The Hall–Kier alpha value is -3.61. The molecule has 5 nitrogen and oxygen atoms in total. The predicted octanol–water partition coefficient (Wildman–Crippen LogP) is 3.93. The maximum absolute atomic E-state index is 14.1. The van der Waals surface area contributed by atoms with Crippen LogP contribution in [0.4, 0.5) is 14.5 Å². The Bertz CT molecular complexity index is 1110. The van der Waals surface area contributed by atoms with Gasteiger partial charge in [-0.1, -0.05) is 12.1 Å². The van der Waals surface area contributed by atoms with Crippen LogP contribution in [0, 0.1) is 11.6 Å². The molecule has 2 aromatic carbocycles. The molecule has 0 spiro atoms. The van der Waals surface area contributed by atoms with E-state index in [1.54, 1.807) is 40.9 Å². The quantitative estimate of drug-likeness (QED) is 0.609. The Morgan fingerprint density at radius 1 is 0.923 bits per heavy atom. The minimum Gasteiger partial charge on any atom is -0.322 e. The molecule has 128 valence electrons. The molecule has 4 aromatic rings. The highest BCUT2D eigenvalue weighted by Gasteiger charge is 2.17. The number of rotatable bonds is 3. The zero-order valence-electron chi connectivity index (χ0n) is 13.4. The molecule has 0 bridgehead atoms. The summed E-state index contributed by atoms with van der Waals surface area (Å²) >= 11 is 0. The van der Waals surface area contributed by atoms with Crippen LogP contribution in [0.2, 0.25) is 0 Å². The summed E-state index contributed by atoms with van der Waals surface area (Å²) in [7, 11) is 0. The van der Waals surface area contributed by atoms with E-state index >= 15 is 0 Å². The second kappa shape index (κ2) is 6.36. The number of hydrogen-bond donors (Lipinski definition) is 1. The number of pyridine rings is 1. The Labute approximate surface area is 146 Å². The SMILES string of the molecule is O=C(Nc1ccc(F)cc1)c1cccn2c(-c3ccccc3F)nnc12. The van der Waals surface area contributed by atoms with Gasteiger partial charge < -0.3 is 5.32 Å². The van der Waals surface area contributed by atoms with Gasteiger partial charge in [-0.3, -0.25) is 9.20 Å². The number of nitrogens with one attached hydrogen (secondary N) is 1. The lowest BCUT2D eigenvalue weighted by atomic mass is 10.2. The third-order valence-electron chi connectivity index (χ3n) is 3.90. The van der Waals surface area contributed by atoms with Crippen molar-refractivity contribution >= 4 is 17.2 Å². The molecular formula is C19H12F2N4O. The van der Waals surface area contributed by atoms with Crippen LogP contribution in [0.3, 0.4) is 0 Å². The summed E-state index contributed by atoms with van der Waals surface area (Å²) in [4.78, 5) is 12.6. The van der Waals surface area contributed by atoms with Crippen LogP contribution in [0.25, 0.3) is 17.0 Å². The first-order chi connectivity index (χ1) is 12.6. The average molecular weight is 350 g/mol. The van der Waals surface area contributed by atoms with Crippen molar-refractivity contribution in [3.05, 3.63) is 84.1 Å². The van der Waals surface area contributed by atoms with Gasteiger partial charge >= 0.3 is 0 Å². The number of halogens is 2. The molecule has 0 radical (unpaired) electrons. The fourth-order valence-electron chi connectivity index (χ4n) is 2.65.